The molecule has 2 saturated carbocycles. The minimum atomic E-state index is -0.948. The van der Waals surface area contributed by atoms with Crippen LogP contribution < -0.4 is 4.74 Å². The molecule has 2 aromatic rings. The van der Waals surface area contributed by atoms with Crippen LogP contribution in [0.1, 0.15) is 86.3 Å². The Labute approximate surface area is 199 Å². The summed E-state index contributed by atoms with van der Waals surface area (Å²) in [6.07, 6.45) is 8.10. The van der Waals surface area contributed by atoms with Crippen LogP contribution in [0.5, 0.6) is 5.75 Å². The highest BCUT2D eigenvalue weighted by Gasteiger charge is 2.30. The van der Waals surface area contributed by atoms with Crippen LogP contribution in [0.25, 0.3) is 0 Å². The lowest BCUT2D eigenvalue weighted by molar-refractivity contribution is 0.0655. The number of rotatable bonds is 7. The van der Waals surface area contributed by atoms with Crippen LogP contribution in [-0.4, -0.2) is 20.3 Å². The molecule has 0 amide bonds. The summed E-state index contributed by atoms with van der Waals surface area (Å²) in [5.74, 6) is -2.84. The van der Waals surface area contributed by atoms with Crippen molar-refractivity contribution >= 4 is 0 Å². The molecule has 34 heavy (non-hydrogen) atoms. The first-order valence-electron chi connectivity index (χ1n) is 12.4. The lowest BCUT2D eigenvalue weighted by Crippen LogP contribution is -2.20. The normalized spacial score (nSPS) is 25.4. The quantitative estimate of drug-likeness (QED) is 0.378. The van der Waals surface area contributed by atoms with Gasteiger partial charge in [0.2, 0.25) is 5.82 Å². The molecule has 0 spiro atoms. The van der Waals surface area contributed by atoms with E-state index in [4.69, 9.17) is 9.47 Å². The molecule has 0 saturated heterocycles. The summed E-state index contributed by atoms with van der Waals surface area (Å²) < 4.78 is 68.5. The minimum absolute atomic E-state index is 0.000746. The van der Waals surface area contributed by atoms with Crippen LogP contribution in [0.15, 0.2) is 24.3 Å². The zero-order valence-electron chi connectivity index (χ0n) is 20.0. The summed E-state index contributed by atoms with van der Waals surface area (Å²) in [5.41, 5.74) is 1.33. The molecular formula is C28H34F4O2. The highest BCUT2D eigenvalue weighted by molar-refractivity contribution is 5.32. The van der Waals surface area contributed by atoms with Crippen molar-refractivity contribution in [3.8, 4) is 5.75 Å². The Hall–Kier alpha value is -2.08. The van der Waals surface area contributed by atoms with Gasteiger partial charge in [0.15, 0.2) is 23.2 Å². The maximum Gasteiger partial charge on any atom is 0.200 e. The average Bonchev–Trinajstić information content (AvgIpc) is 2.87. The van der Waals surface area contributed by atoms with Gasteiger partial charge in [-0.3, -0.25) is 0 Å². The molecule has 2 aliphatic rings. The van der Waals surface area contributed by atoms with E-state index >= 15 is 8.78 Å². The lowest BCUT2D eigenvalue weighted by atomic mass is 9.76. The second-order valence-corrected chi connectivity index (χ2v) is 9.89. The van der Waals surface area contributed by atoms with Gasteiger partial charge in [-0.15, -0.1) is 0 Å². The molecule has 0 aromatic heterocycles. The fourth-order valence-corrected chi connectivity index (χ4v) is 5.86. The number of hydrogen-bond donors (Lipinski definition) is 0. The average molecular weight is 479 g/mol. The Morgan fingerprint density at radius 3 is 1.76 bits per heavy atom. The molecule has 0 N–H and O–H groups in total. The molecule has 0 radical (unpaired) electrons. The van der Waals surface area contributed by atoms with E-state index in [1.807, 2.05) is 0 Å². The van der Waals surface area contributed by atoms with E-state index < -0.39 is 23.3 Å². The third-order valence-corrected chi connectivity index (χ3v) is 8.04. The topological polar surface area (TPSA) is 18.5 Å². The van der Waals surface area contributed by atoms with E-state index in [0.717, 1.165) is 57.8 Å². The molecule has 4 rings (SSSR count). The van der Waals surface area contributed by atoms with Gasteiger partial charge in [0.25, 0.3) is 0 Å². The molecule has 0 bridgehead atoms. The van der Waals surface area contributed by atoms with Crippen LogP contribution in [0.3, 0.4) is 0 Å². The van der Waals surface area contributed by atoms with Gasteiger partial charge in [0.1, 0.15) is 0 Å². The first kappa shape index (κ1) is 25.0. The van der Waals surface area contributed by atoms with Crippen molar-refractivity contribution in [2.24, 2.45) is 5.92 Å². The number of methoxy groups -OCH3 is 2. The molecule has 0 unspecified atom stereocenters. The summed E-state index contributed by atoms with van der Waals surface area (Å²) in [7, 11) is 3.01. The molecule has 2 aromatic carbocycles. The lowest BCUT2D eigenvalue weighted by Gasteiger charge is -2.31. The van der Waals surface area contributed by atoms with Gasteiger partial charge in [-0.1, -0.05) is 18.2 Å². The molecule has 2 nitrogen and oxygen atoms in total. The number of benzene rings is 2. The van der Waals surface area contributed by atoms with E-state index in [0.29, 0.717) is 29.0 Å². The second kappa shape index (κ2) is 11.1. The first-order chi connectivity index (χ1) is 16.4. The Bertz CT molecular complexity index is 977. The summed E-state index contributed by atoms with van der Waals surface area (Å²) >= 11 is 0. The molecule has 2 fully saturated rings. The standard InChI is InChI=1S/C28H34F4O2/c1-33-21-12-9-19(10-13-21)23-15-14-22(26(30)27(23)31)18-6-3-17(4-7-18)5-8-20-11-16-24(34-2)28(32)25(20)29/h11,14-19,21H,3-10,12-13H2,1-2H3. The summed E-state index contributed by atoms with van der Waals surface area (Å²) in [5, 5.41) is 0. The molecule has 186 valence electrons. The number of halogens is 4. The highest BCUT2D eigenvalue weighted by atomic mass is 19.2. The Balaban J connectivity index is 1.33. The van der Waals surface area contributed by atoms with Crippen LogP contribution in [-0.2, 0) is 11.2 Å². The van der Waals surface area contributed by atoms with Crippen molar-refractivity contribution in [3.63, 3.8) is 0 Å². The van der Waals surface area contributed by atoms with E-state index in [1.54, 1.807) is 25.3 Å². The van der Waals surface area contributed by atoms with Gasteiger partial charge in [-0.05, 0) is 105 Å². The van der Waals surface area contributed by atoms with E-state index in [9.17, 15) is 8.78 Å². The second-order valence-electron chi connectivity index (χ2n) is 9.89. The Morgan fingerprint density at radius 2 is 1.24 bits per heavy atom. The van der Waals surface area contributed by atoms with Gasteiger partial charge in [-0.25, -0.2) is 13.2 Å². The molecule has 0 aliphatic heterocycles. The van der Waals surface area contributed by atoms with Crippen molar-refractivity contribution in [1.82, 2.24) is 0 Å². The summed E-state index contributed by atoms with van der Waals surface area (Å²) in [6, 6.07) is 6.61. The fraction of sp³-hybridized carbons (Fsp3) is 0.571. The number of aryl methyl sites for hydroxylation is 1. The maximum atomic E-state index is 15.1. The van der Waals surface area contributed by atoms with Gasteiger partial charge >= 0.3 is 0 Å². The van der Waals surface area contributed by atoms with Gasteiger partial charge in [0.05, 0.1) is 13.2 Å². The molecule has 0 atom stereocenters. The smallest absolute Gasteiger partial charge is 0.200 e. The van der Waals surface area contributed by atoms with Crippen LogP contribution in [0.4, 0.5) is 17.6 Å². The van der Waals surface area contributed by atoms with Crippen LogP contribution >= 0.6 is 0 Å². The summed E-state index contributed by atoms with van der Waals surface area (Å²) in [4.78, 5) is 0. The number of ether oxygens (including phenoxy) is 2. The van der Waals surface area contributed by atoms with Crippen molar-refractivity contribution in [3.05, 3.63) is 64.2 Å². The maximum absolute atomic E-state index is 15.1. The van der Waals surface area contributed by atoms with Gasteiger partial charge in [-0.2, -0.15) is 4.39 Å². The molecule has 2 aliphatic carbocycles. The van der Waals surface area contributed by atoms with Crippen molar-refractivity contribution in [1.29, 1.82) is 0 Å². The van der Waals surface area contributed by atoms with Crippen LogP contribution in [0.2, 0.25) is 0 Å². The molecule has 6 heteroatoms. The number of hydrogen-bond acceptors (Lipinski definition) is 2. The van der Waals surface area contributed by atoms with Crippen molar-refractivity contribution in [2.75, 3.05) is 14.2 Å². The van der Waals surface area contributed by atoms with E-state index in [-0.39, 0.29) is 23.7 Å². The van der Waals surface area contributed by atoms with E-state index in [1.165, 1.54) is 13.2 Å². The zero-order valence-corrected chi connectivity index (χ0v) is 20.0. The predicted molar refractivity (Wildman–Crippen MR) is 124 cm³/mol. The Kier molecular flexibility index (Phi) is 8.18. The molecular weight excluding hydrogens is 444 g/mol. The SMILES string of the molecule is COc1ccc(CCC2CCC(c3ccc(C4CCC(OC)CC4)c(F)c3F)CC2)c(F)c1F. The zero-order chi connectivity index (χ0) is 24.2. The predicted octanol–water partition coefficient (Wildman–Crippen LogP) is 7.83. The van der Waals surface area contributed by atoms with Crippen molar-refractivity contribution < 1.29 is 27.0 Å². The van der Waals surface area contributed by atoms with Gasteiger partial charge in [0, 0.05) is 7.11 Å². The monoisotopic (exact) mass is 478 g/mol. The largest absolute Gasteiger partial charge is 0.494 e. The highest BCUT2D eigenvalue weighted by Crippen LogP contribution is 2.41. The third-order valence-electron chi connectivity index (χ3n) is 8.04. The fourth-order valence-electron chi connectivity index (χ4n) is 5.86. The minimum Gasteiger partial charge on any atom is -0.494 e. The van der Waals surface area contributed by atoms with Gasteiger partial charge < -0.3 is 9.47 Å². The summed E-state index contributed by atoms with van der Waals surface area (Å²) in [6.45, 7) is 0. The van der Waals surface area contributed by atoms with E-state index in [2.05, 4.69) is 0 Å². The van der Waals surface area contributed by atoms with Crippen LogP contribution in [0, 0.1) is 29.2 Å². The third kappa shape index (κ3) is 5.27. The molecule has 0 heterocycles. The van der Waals surface area contributed by atoms with Crippen molar-refractivity contribution in [2.45, 2.75) is 82.1 Å². The Morgan fingerprint density at radius 1 is 0.676 bits per heavy atom. The first-order valence-corrected chi connectivity index (χ1v) is 12.4.